The summed E-state index contributed by atoms with van der Waals surface area (Å²) in [5, 5.41) is 15.4. The second-order valence-corrected chi connectivity index (χ2v) is 12.6. The van der Waals surface area contributed by atoms with Gasteiger partial charge in [0.15, 0.2) is 5.82 Å². The van der Waals surface area contributed by atoms with E-state index in [4.69, 9.17) is 4.74 Å². The molecule has 0 atom stereocenters. The Morgan fingerprint density at radius 2 is 1.87 bits per heavy atom. The van der Waals surface area contributed by atoms with Gasteiger partial charge in [-0.2, -0.15) is 5.10 Å². The number of ether oxygens (including phenoxy) is 1. The number of carbonyl (C=O) groups is 1. The van der Waals surface area contributed by atoms with Crippen molar-refractivity contribution >= 4 is 39.0 Å². The Hall–Kier alpha value is -3.09. The number of rotatable bonds is 10. The summed E-state index contributed by atoms with van der Waals surface area (Å²) in [7, 11) is -3.76. The molecule has 1 amide bonds. The molecule has 0 aliphatic heterocycles. The third-order valence-electron chi connectivity index (χ3n) is 6.49. The minimum Gasteiger partial charge on any atom is -0.447 e. The lowest BCUT2D eigenvalue weighted by Gasteiger charge is -2.28. The molecule has 2 heterocycles. The molecule has 0 unspecified atom stereocenters. The Kier molecular flexibility index (Phi) is 9.52. The molecule has 0 bridgehead atoms. The predicted molar refractivity (Wildman–Crippen MR) is 153 cm³/mol. The molecule has 3 aromatic rings. The fourth-order valence-corrected chi connectivity index (χ4v) is 7.03. The van der Waals surface area contributed by atoms with Gasteiger partial charge in [-0.25, -0.2) is 22.9 Å². The van der Waals surface area contributed by atoms with E-state index in [1.165, 1.54) is 11.3 Å². The van der Waals surface area contributed by atoms with Gasteiger partial charge >= 0.3 is 6.09 Å². The number of aromatic nitrogens is 3. The van der Waals surface area contributed by atoms with E-state index in [-0.39, 0.29) is 35.6 Å². The molecule has 1 aliphatic carbocycles. The molecule has 0 spiro atoms. The maximum absolute atomic E-state index is 13.2. The van der Waals surface area contributed by atoms with Crippen LogP contribution in [0.1, 0.15) is 70.0 Å². The number of sulfonamides is 1. The monoisotopic (exact) mass is 572 g/mol. The van der Waals surface area contributed by atoms with Crippen LogP contribution in [-0.4, -0.2) is 48.4 Å². The predicted octanol–water partition coefficient (Wildman–Crippen LogP) is 5.37. The Labute approximate surface area is 234 Å². The number of nitrogens with zero attached hydrogens (tertiary/aromatic N) is 3. The highest BCUT2D eigenvalue weighted by Crippen LogP contribution is 2.40. The molecule has 1 aliphatic rings. The van der Waals surface area contributed by atoms with E-state index in [0.29, 0.717) is 17.1 Å². The molecule has 4 rings (SSSR count). The molecule has 2 aromatic heterocycles. The van der Waals surface area contributed by atoms with Crippen LogP contribution in [0.25, 0.3) is 10.4 Å². The van der Waals surface area contributed by atoms with Crippen LogP contribution >= 0.6 is 11.3 Å². The van der Waals surface area contributed by atoms with Crippen molar-refractivity contribution < 1.29 is 17.9 Å². The number of hydrogen-bond acceptors (Lipinski definition) is 9. The lowest BCUT2D eigenvalue weighted by Crippen LogP contribution is -2.38. The van der Waals surface area contributed by atoms with Crippen LogP contribution in [0, 0.1) is 0 Å². The number of benzene rings is 1. The molecular weight excluding hydrogens is 536 g/mol. The number of alkyl carbamates (subject to hydrolysis) is 1. The standard InChI is InChI=1S/C27H36N6O4S2/c1-5-19-12-14-25(33-32-19)30-21-11-13-22(24(15-21)39(35,36)29-6-2)23-16-28-26(38-23)18-7-9-20(10-8-18)31-27(34)37-17(3)4/h11-18,20,29H,5-10H2,1-4H3,(H,30,33)(H,31,34). The zero-order valence-corrected chi connectivity index (χ0v) is 24.4. The van der Waals surface area contributed by atoms with Gasteiger partial charge in [-0.1, -0.05) is 19.9 Å². The summed E-state index contributed by atoms with van der Waals surface area (Å²) in [6.45, 7) is 7.69. The highest BCUT2D eigenvalue weighted by Gasteiger charge is 2.27. The summed E-state index contributed by atoms with van der Waals surface area (Å²) in [4.78, 5) is 17.6. The van der Waals surface area contributed by atoms with Gasteiger partial charge in [-0.15, -0.1) is 16.4 Å². The number of thiazole rings is 1. The first-order chi connectivity index (χ1) is 18.7. The normalized spacial score (nSPS) is 17.7. The third-order valence-corrected chi connectivity index (χ3v) is 9.27. The van der Waals surface area contributed by atoms with Gasteiger partial charge < -0.3 is 15.4 Å². The molecule has 3 N–H and O–H groups in total. The smallest absolute Gasteiger partial charge is 0.407 e. The van der Waals surface area contributed by atoms with Crippen LogP contribution in [0.2, 0.25) is 0 Å². The lowest BCUT2D eigenvalue weighted by molar-refractivity contribution is 0.109. The van der Waals surface area contributed by atoms with Crippen LogP contribution in [0.4, 0.5) is 16.3 Å². The Bertz CT molecular complexity index is 1370. The average Bonchev–Trinajstić information content (AvgIpc) is 3.39. The molecule has 0 saturated heterocycles. The van der Waals surface area contributed by atoms with Gasteiger partial charge in [-0.3, -0.25) is 0 Å². The van der Waals surface area contributed by atoms with Gasteiger partial charge in [0.2, 0.25) is 10.0 Å². The van der Waals surface area contributed by atoms with Crippen LogP contribution in [-0.2, 0) is 21.2 Å². The summed E-state index contributed by atoms with van der Waals surface area (Å²) in [6, 6.07) is 9.06. The molecule has 1 aromatic carbocycles. The quantitative estimate of drug-likeness (QED) is 0.295. The highest BCUT2D eigenvalue weighted by atomic mass is 32.2. The van der Waals surface area contributed by atoms with Crippen molar-refractivity contribution in [1.29, 1.82) is 0 Å². The molecule has 39 heavy (non-hydrogen) atoms. The van der Waals surface area contributed by atoms with Crippen LogP contribution in [0.15, 0.2) is 41.4 Å². The van der Waals surface area contributed by atoms with Crippen molar-refractivity contribution in [3.05, 3.63) is 47.2 Å². The Balaban J connectivity index is 1.52. The van der Waals surface area contributed by atoms with Crippen LogP contribution in [0.5, 0.6) is 0 Å². The molecule has 1 fully saturated rings. The van der Waals surface area contributed by atoms with Crippen molar-refractivity contribution in [2.24, 2.45) is 0 Å². The van der Waals surface area contributed by atoms with E-state index in [1.807, 2.05) is 39.0 Å². The van der Waals surface area contributed by atoms with Gasteiger partial charge in [0.25, 0.3) is 0 Å². The van der Waals surface area contributed by atoms with E-state index in [1.54, 1.807) is 25.3 Å². The van der Waals surface area contributed by atoms with Gasteiger partial charge in [-0.05, 0) is 70.2 Å². The van der Waals surface area contributed by atoms with E-state index in [0.717, 1.165) is 47.7 Å². The number of hydrogen-bond donors (Lipinski definition) is 3. The topological polar surface area (TPSA) is 135 Å². The second kappa shape index (κ2) is 12.8. The van der Waals surface area contributed by atoms with Gasteiger partial charge in [0.05, 0.1) is 26.6 Å². The van der Waals surface area contributed by atoms with Gasteiger partial charge in [0.1, 0.15) is 0 Å². The summed E-state index contributed by atoms with van der Waals surface area (Å²) in [6.07, 6.45) is 5.49. The van der Waals surface area contributed by atoms with Crippen molar-refractivity contribution in [3.63, 3.8) is 0 Å². The molecule has 0 radical (unpaired) electrons. The summed E-state index contributed by atoms with van der Waals surface area (Å²) >= 11 is 1.52. The number of nitrogens with one attached hydrogen (secondary N) is 3. The molecular formula is C27H36N6O4S2. The van der Waals surface area contributed by atoms with Crippen molar-refractivity contribution in [2.45, 2.75) is 82.8 Å². The van der Waals surface area contributed by atoms with Crippen LogP contribution in [0.3, 0.4) is 0 Å². The van der Waals surface area contributed by atoms with E-state index in [9.17, 15) is 13.2 Å². The highest BCUT2D eigenvalue weighted by molar-refractivity contribution is 7.89. The minimum atomic E-state index is -3.76. The van der Waals surface area contributed by atoms with Crippen molar-refractivity contribution in [3.8, 4) is 10.4 Å². The largest absolute Gasteiger partial charge is 0.447 e. The van der Waals surface area contributed by atoms with E-state index < -0.39 is 10.0 Å². The molecule has 1 saturated carbocycles. The fourth-order valence-electron chi connectivity index (χ4n) is 4.56. The van der Waals surface area contributed by atoms with E-state index >= 15 is 0 Å². The number of anilines is 2. The number of aryl methyl sites for hydroxylation is 1. The number of amides is 1. The average molecular weight is 573 g/mol. The molecule has 12 heteroatoms. The SMILES string of the molecule is CCNS(=O)(=O)c1cc(Nc2ccc(CC)nn2)ccc1-c1cnc(C2CCC(NC(=O)OC(C)C)CC2)s1. The van der Waals surface area contributed by atoms with Crippen molar-refractivity contribution in [2.75, 3.05) is 11.9 Å². The molecule has 210 valence electrons. The number of carbonyl (C=O) groups excluding carboxylic acids is 1. The molecule has 10 nitrogen and oxygen atoms in total. The first-order valence-electron chi connectivity index (χ1n) is 13.3. The fraction of sp³-hybridized carbons (Fsp3) is 0.481. The summed E-state index contributed by atoms with van der Waals surface area (Å²) in [5.74, 6) is 0.803. The van der Waals surface area contributed by atoms with Crippen molar-refractivity contribution in [1.82, 2.24) is 25.2 Å². The van der Waals surface area contributed by atoms with E-state index in [2.05, 4.69) is 30.5 Å². The zero-order valence-electron chi connectivity index (χ0n) is 22.7. The second-order valence-electron chi connectivity index (χ2n) is 9.81. The maximum Gasteiger partial charge on any atom is 0.407 e. The van der Waals surface area contributed by atoms with Crippen LogP contribution < -0.4 is 15.4 Å². The Morgan fingerprint density at radius 3 is 2.51 bits per heavy atom. The minimum absolute atomic E-state index is 0.0895. The third kappa shape index (κ3) is 7.52. The first-order valence-corrected chi connectivity index (χ1v) is 15.6. The first kappa shape index (κ1) is 28.9. The summed E-state index contributed by atoms with van der Waals surface area (Å²) < 4.78 is 34.2. The maximum atomic E-state index is 13.2. The Morgan fingerprint density at radius 1 is 1.10 bits per heavy atom. The van der Waals surface area contributed by atoms with Gasteiger partial charge in [0, 0.05) is 36.0 Å². The summed E-state index contributed by atoms with van der Waals surface area (Å²) in [5.41, 5.74) is 2.08. The zero-order chi connectivity index (χ0) is 28.0. The lowest BCUT2D eigenvalue weighted by atomic mass is 9.86.